The number of nitrogens with one attached hydrogen (secondary N) is 1. The van der Waals surface area contributed by atoms with E-state index in [0.717, 1.165) is 0 Å². The largest absolute Gasteiger partial charge is 0.416 e. The monoisotopic (exact) mass is 565 g/mol. The predicted molar refractivity (Wildman–Crippen MR) is 123 cm³/mol. The molecule has 1 aromatic rings. The van der Waals surface area contributed by atoms with Crippen LogP contribution in [0.4, 0.5) is 22.0 Å². The molecule has 14 heteroatoms. The smallest absolute Gasteiger partial charge is 0.350 e. The molecule has 1 N–H and O–H groups in total. The molecule has 1 aromatic carbocycles. The van der Waals surface area contributed by atoms with Gasteiger partial charge in [-0.05, 0) is 31.9 Å². The molecule has 1 saturated heterocycles. The van der Waals surface area contributed by atoms with Gasteiger partial charge in [0, 0.05) is 51.1 Å². The maximum Gasteiger partial charge on any atom is 0.416 e. The average molecular weight is 566 g/mol. The minimum atomic E-state index is -4.70. The second kappa shape index (κ2) is 10.3. The van der Waals surface area contributed by atoms with E-state index in [4.69, 9.17) is 23.2 Å². The molecule has 1 aliphatic heterocycles. The Morgan fingerprint density at radius 2 is 1.54 bits per heavy atom. The first kappa shape index (κ1) is 28.4. The second-order valence-electron chi connectivity index (χ2n) is 8.86. The standard InChI is InChI=1S/C21H26Cl2F5N3O3S/c1-2-35(33,34)31-9-7-30(8-10-31)19(3-5-20(24,25)6-4-19)13-29-18(32)17-15(22)11-14(12-16(17)23)21(26,27)28/h11-12H,2-10,13H2,1H3,(H,29,32). The Labute approximate surface area is 210 Å². The van der Waals surface area contributed by atoms with Crippen molar-refractivity contribution in [2.24, 2.45) is 0 Å². The molecule has 0 atom stereocenters. The summed E-state index contributed by atoms with van der Waals surface area (Å²) >= 11 is 11.9. The van der Waals surface area contributed by atoms with Crippen LogP contribution in [0.2, 0.25) is 10.0 Å². The molecule has 35 heavy (non-hydrogen) atoms. The maximum absolute atomic E-state index is 14.0. The third-order valence-electron chi connectivity index (χ3n) is 6.75. The van der Waals surface area contributed by atoms with Gasteiger partial charge in [-0.2, -0.15) is 17.5 Å². The van der Waals surface area contributed by atoms with Crippen molar-refractivity contribution in [3.8, 4) is 0 Å². The Bertz CT molecular complexity index is 1030. The SMILES string of the molecule is CCS(=O)(=O)N1CCN(C2(CNC(=O)c3c(Cl)cc(C(F)(F)F)cc3Cl)CCC(F)(F)CC2)CC1. The average Bonchev–Trinajstić information content (AvgIpc) is 2.78. The Morgan fingerprint density at radius 3 is 2.00 bits per heavy atom. The molecular weight excluding hydrogens is 540 g/mol. The van der Waals surface area contributed by atoms with Crippen molar-refractivity contribution < 1.29 is 35.2 Å². The van der Waals surface area contributed by atoms with Crippen molar-refractivity contribution in [1.29, 1.82) is 0 Å². The Hall–Kier alpha value is -1.21. The minimum absolute atomic E-state index is 0.0466. The van der Waals surface area contributed by atoms with Gasteiger partial charge in [0.05, 0.1) is 26.9 Å². The molecule has 0 unspecified atom stereocenters. The number of nitrogens with zero attached hydrogens (tertiary/aromatic N) is 2. The Balaban J connectivity index is 1.78. The summed E-state index contributed by atoms with van der Waals surface area (Å²) in [5.41, 5.74) is -2.31. The van der Waals surface area contributed by atoms with Gasteiger partial charge in [-0.15, -0.1) is 0 Å². The molecular formula is C21H26Cl2F5N3O3S. The number of piperazine rings is 1. The molecule has 0 spiro atoms. The van der Waals surface area contributed by atoms with Gasteiger partial charge < -0.3 is 5.32 Å². The summed E-state index contributed by atoms with van der Waals surface area (Å²) in [7, 11) is -3.39. The normalized spacial score (nSPS) is 21.6. The van der Waals surface area contributed by atoms with Gasteiger partial charge in [0.2, 0.25) is 15.9 Å². The van der Waals surface area contributed by atoms with Crippen LogP contribution in [0.1, 0.15) is 48.5 Å². The van der Waals surface area contributed by atoms with Crippen LogP contribution in [0.5, 0.6) is 0 Å². The van der Waals surface area contributed by atoms with Crippen LogP contribution in [0, 0.1) is 0 Å². The highest BCUT2D eigenvalue weighted by molar-refractivity contribution is 7.89. The van der Waals surface area contributed by atoms with E-state index >= 15 is 0 Å². The van der Waals surface area contributed by atoms with E-state index in [0.29, 0.717) is 25.2 Å². The molecule has 3 rings (SSSR count). The van der Waals surface area contributed by atoms with Crippen LogP contribution >= 0.6 is 23.2 Å². The van der Waals surface area contributed by atoms with Gasteiger partial charge >= 0.3 is 6.18 Å². The fourth-order valence-corrected chi connectivity index (χ4v) is 6.34. The van der Waals surface area contributed by atoms with E-state index in [1.807, 2.05) is 4.90 Å². The predicted octanol–water partition coefficient (Wildman–Crippen LogP) is 4.66. The molecule has 1 heterocycles. The summed E-state index contributed by atoms with van der Waals surface area (Å²) < 4.78 is 92.6. The molecule has 1 aliphatic carbocycles. The number of rotatable bonds is 6. The van der Waals surface area contributed by atoms with Crippen LogP contribution < -0.4 is 5.32 Å². The second-order valence-corrected chi connectivity index (χ2v) is 11.9. The first-order chi connectivity index (χ1) is 16.1. The van der Waals surface area contributed by atoms with Crippen molar-refractivity contribution in [1.82, 2.24) is 14.5 Å². The van der Waals surface area contributed by atoms with Crippen LogP contribution in [0.25, 0.3) is 0 Å². The van der Waals surface area contributed by atoms with Gasteiger partial charge in [0.1, 0.15) is 0 Å². The van der Waals surface area contributed by atoms with E-state index in [1.54, 1.807) is 6.92 Å². The first-order valence-corrected chi connectivity index (χ1v) is 13.4. The summed E-state index contributed by atoms with van der Waals surface area (Å²) in [5, 5.41) is 1.66. The molecule has 1 saturated carbocycles. The number of amides is 1. The minimum Gasteiger partial charge on any atom is -0.350 e. The van der Waals surface area contributed by atoms with E-state index < -0.39 is 62.0 Å². The maximum atomic E-state index is 14.0. The van der Waals surface area contributed by atoms with Gasteiger partial charge in [-0.1, -0.05) is 23.2 Å². The molecule has 1 amide bonds. The third kappa shape index (κ3) is 6.38. The molecule has 2 aliphatic rings. The summed E-state index contributed by atoms with van der Waals surface area (Å²) in [6, 6.07) is 1.21. The lowest BCUT2D eigenvalue weighted by Crippen LogP contribution is -2.63. The number of benzene rings is 1. The summed E-state index contributed by atoms with van der Waals surface area (Å²) in [6.07, 6.45) is -5.41. The molecule has 198 valence electrons. The number of hydrogen-bond acceptors (Lipinski definition) is 4. The zero-order valence-corrected chi connectivity index (χ0v) is 21.2. The fraction of sp³-hybridized carbons (Fsp3) is 0.667. The number of alkyl halides is 5. The van der Waals surface area contributed by atoms with Crippen LogP contribution in [-0.2, 0) is 16.2 Å². The highest BCUT2D eigenvalue weighted by atomic mass is 35.5. The van der Waals surface area contributed by atoms with Crippen LogP contribution in [0.15, 0.2) is 12.1 Å². The number of carbonyl (C=O) groups excluding carboxylic acids is 1. The van der Waals surface area contributed by atoms with Crippen molar-refractivity contribution in [3.63, 3.8) is 0 Å². The summed E-state index contributed by atoms with van der Waals surface area (Å²) in [4.78, 5) is 14.8. The number of sulfonamides is 1. The van der Waals surface area contributed by atoms with Gasteiger partial charge in [-0.25, -0.2) is 17.2 Å². The Kier molecular flexibility index (Phi) is 8.33. The molecule has 0 radical (unpaired) electrons. The van der Waals surface area contributed by atoms with Crippen LogP contribution in [0.3, 0.4) is 0 Å². The number of hydrogen-bond donors (Lipinski definition) is 1. The number of carbonyl (C=O) groups is 1. The number of halogens is 7. The first-order valence-electron chi connectivity index (χ1n) is 11.1. The van der Waals surface area contributed by atoms with Gasteiger partial charge in [0.25, 0.3) is 5.91 Å². The molecule has 2 fully saturated rings. The van der Waals surface area contributed by atoms with E-state index in [9.17, 15) is 35.2 Å². The zero-order chi connectivity index (χ0) is 26.2. The molecule has 6 nitrogen and oxygen atoms in total. The van der Waals surface area contributed by atoms with Crippen molar-refractivity contribution in [2.45, 2.75) is 50.2 Å². The topological polar surface area (TPSA) is 69.7 Å². The highest BCUT2D eigenvalue weighted by Crippen LogP contribution is 2.42. The molecule has 0 bridgehead atoms. The highest BCUT2D eigenvalue weighted by Gasteiger charge is 2.48. The van der Waals surface area contributed by atoms with Crippen molar-refractivity contribution >= 4 is 39.1 Å². The fourth-order valence-electron chi connectivity index (χ4n) is 4.60. The van der Waals surface area contributed by atoms with Crippen LogP contribution in [-0.4, -0.2) is 73.5 Å². The lowest BCUT2D eigenvalue weighted by Gasteiger charge is -2.50. The van der Waals surface area contributed by atoms with E-state index in [1.165, 1.54) is 4.31 Å². The third-order valence-corrected chi connectivity index (χ3v) is 9.23. The Morgan fingerprint density at radius 1 is 1.03 bits per heavy atom. The lowest BCUT2D eigenvalue weighted by atomic mass is 9.78. The van der Waals surface area contributed by atoms with Gasteiger partial charge in [0.15, 0.2) is 0 Å². The molecule has 0 aromatic heterocycles. The van der Waals surface area contributed by atoms with Crippen molar-refractivity contribution in [2.75, 3.05) is 38.5 Å². The van der Waals surface area contributed by atoms with Crippen molar-refractivity contribution in [3.05, 3.63) is 33.3 Å². The quantitative estimate of drug-likeness (QED) is 0.509. The summed E-state index contributed by atoms with van der Waals surface area (Å²) in [6.45, 7) is 2.44. The summed E-state index contributed by atoms with van der Waals surface area (Å²) in [5.74, 6) is -3.71. The van der Waals surface area contributed by atoms with E-state index in [2.05, 4.69) is 5.32 Å². The van der Waals surface area contributed by atoms with E-state index in [-0.39, 0.29) is 43.8 Å². The zero-order valence-electron chi connectivity index (χ0n) is 18.9. The van der Waals surface area contributed by atoms with Gasteiger partial charge in [-0.3, -0.25) is 9.69 Å². The lowest BCUT2D eigenvalue weighted by molar-refractivity contribution is -0.137.